The first-order valence-electron chi connectivity index (χ1n) is 14.0. The number of cyclic esters (lactones) is 1. The number of imidazole rings is 1. The van der Waals surface area contributed by atoms with Gasteiger partial charge in [0, 0.05) is 24.8 Å². The summed E-state index contributed by atoms with van der Waals surface area (Å²) in [6.45, 7) is 16.4. The fourth-order valence-corrected chi connectivity index (χ4v) is 5.75. The molecule has 0 radical (unpaired) electrons. The molecule has 0 unspecified atom stereocenters. The molecular weight excluding hydrogens is 464 g/mol. The molecule has 1 saturated heterocycles. The molecule has 1 N–H and O–H groups in total. The number of nitrogens with zero attached hydrogens (tertiary/aromatic N) is 2. The van der Waals surface area contributed by atoms with E-state index < -0.39 is 17.4 Å². The maximum absolute atomic E-state index is 13.3. The molecule has 0 spiro atoms. The lowest BCUT2D eigenvalue weighted by atomic mass is 9.71. The number of aryl methyl sites for hydroxylation is 2. The summed E-state index contributed by atoms with van der Waals surface area (Å²) in [5, 5.41) is 10.9. The van der Waals surface area contributed by atoms with Crippen molar-refractivity contribution in [2.75, 3.05) is 0 Å². The van der Waals surface area contributed by atoms with Crippen molar-refractivity contribution in [3.63, 3.8) is 0 Å². The quantitative estimate of drug-likeness (QED) is 0.429. The number of rotatable bonds is 1. The molecule has 2 heterocycles. The molecule has 3 rings (SSSR count). The van der Waals surface area contributed by atoms with Crippen LogP contribution in [0.2, 0.25) is 0 Å². The summed E-state index contributed by atoms with van der Waals surface area (Å²) in [5.74, 6) is 0.533. The molecule has 6 nitrogen and oxygen atoms in total. The second-order valence-electron chi connectivity index (χ2n) is 13.0. The third-order valence-corrected chi connectivity index (χ3v) is 9.29. The summed E-state index contributed by atoms with van der Waals surface area (Å²) >= 11 is 0. The van der Waals surface area contributed by atoms with E-state index in [1.54, 1.807) is 0 Å². The number of aliphatic hydroxyl groups is 1. The standard InChI is InChI=1S/C31H48N2O4/c1-19-11-10-15-30(5,6)20(2)17-26(23-12-13-25-24(18-23)32-22(4)33(25)9)37-27(34)14-16-31(7,8)29(36)21(3)28(19)35/h12-13,18-21,26,28,35H,10-11,14-17H2,1-9H3/t19-,20-,21+,26-,28-/m0/s1. The van der Waals surface area contributed by atoms with Crippen molar-refractivity contribution in [1.82, 2.24) is 9.55 Å². The van der Waals surface area contributed by atoms with Crippen LogP contribution in [-0.2, 0) is 21.4 Å². The number of hydrogen-bond acceptors (Lipinski definition) is 5. The van der Waals surface area contributed by atoms with E-state index in [-0.39, 0.29) is 35.6 Å². The van der Waals surface area contributed by atoms with Gasteiger partial charge in [-0.1, -0.05) is 61.0 Å². The lowest BCUT2D eigenvalue weighted by Gasteiger charge is -2.36. The van der Waals surface area contributed by atoms with Crippen LogP contribution in [-0.4, -0.2) is 32.5 Å². The topological polar surface area (TPSA) is 81.4 Å². The predicted octanol–water partition coefficient (Wildman–Crippen LogP) is 6.71. The van der Waals surface area contributed by atoms with Gasteiger partial charge in [-0.2, -0.15) is 0 Å². The Morgan fingerprint density at radius 3 is 2.43 bits per heavy atom. The van der Waals surface area contributed by atoms with Crippen molar-refractivity contribution in [3.05, 3.63) is 29.6 Å². The van der Waals surface area contributed by atoms with E-state index in [0.717, 1.165) is 41.7 Å². The van der Waals surface area contributed by atoms with Crippen molar-refractivity contribution >= 4 is 22.8 Å². The van der Waals surface area contributed by atoms with Crippen molar-refractivity contribution in [2.24, 2.45) is 35.6 Å². The molecule has 0 aliphatic carbocycles. The Kier molecular flexibility index (Phi) is 8.94. The van der Waals surface area contributed by atoms with Gasteiger partial charge in [-0.15, -0.1) is 0 Å². The second-order valence-corrected chi connectivity index (χ2v) is 13.0. The number of ether oxygens (including phenoxy) is 1. The van der Waals surface area contributed by atoms with Gasteiger partial charge < -0.3 is 14.4 Å². The molecule has 206 valence electrons. The van der Waals surface area contributed by atoms with Crippen LogP contribution in [0.5, 0.6) is 0 Å². The molecule has 37 heavy (non-hydrogen) atoms. The first-order valence-corrected chi connectivity index (χ1v) is 14.0. The Morgan fingerprint density at radius 1 is 1.08 bits per heavy atom. The van der Waals surface area contributed by atoms with Crippen LogP contribution in [0.3, 0.4) is 0 Å². The zero-order valence-electron chi connectivity index (χ0n) is 24.4. The lowest BCUT2D eigenvalue weighted by Crippen LogP contribution is -2.39. The first-order chi connectivity index (χ1) is 17.1. The lowest BCUT2D eigenvalue weighted by molar-refractivity contribution is -0.152. The molecular formula is C31H48N2O4. The van der Waals surface area contributed by atoms with E-state index in [1.807, 2.05) is 41.7 Å². The molecule has 6 heteroatoms. The fraction of sp³-hybridized carbons (Fsp3) is 0.710. The summed E-state index contributed by atoms with van der Waals surface area (Å²) in [6, 6.07) is 6.16. The van der Waals surface area contributed by atoms with Crippen LogP contribution in [0.1, 0.15) is 104 Å². The molecule has 0 bridgehead atoms. The Hall–Kier alpha value is -2.21. The van der Waals surface area contributed by atoms with E-state index >= 15 is 0 Å². The van der Waals surface area contributed by atoms with Crippen LogP contribution >= 0.6 is 0 Å². The molecule has 1 aromatic carbocycles. The normalized spacial score (nSPS) is 30.3. The number of hydrogen-bond donors (Lipinski definition) is 1. The molecule has 5 atom stereocenters. The highest BCUT2D eigenvalue weighted by atomic mass is 16.5. The van der Waals surface area contributed by atoms with Gasteiger partial charge in [0.2, 0.25) is 0 Å². The summed E-state index contributed by atoms with van der Waals surface area (Å²) in [5.41, 5.74) is 2.23. The maximum atomic E-state index is 13.3. The Balaban J connectivity index is 1.93. The Labute approximate surface area is 223 Å². The smallest absolute Gasteiger partial charge is 0.306 e. The third kappa shape index (κ3) is 6.63. The second kappa shape index (κ2) is 11.3. The first kappa shape index (κ1) is 29.3. The van der Waals surface area contributed by atoms with Gasteiger partial charge in [-0.3, -0.25) is 9.59 Å². The maximum Gasteiger partial charge on any atom is 0.306 e. The van der Waals surface area contributed by atoms with Crippen molar-refractivity contribution in [2.45, 2.75) is 106 Å². The average molecular weight is 513 g/mol. The summed E-state index contributed by atoms with van der Waals surface area (Å²) in [7, 11) is 2.00. The highest BCUT2D eigenvalue weighted by Crippen LogP contribution is 2.41. The third-order valence-electron chi connectivity index (χ3n) is 9.29. The van der Waals surface area contributed by atoms with Crippen LogP contribution < -0.4 is 0 Å². The summed E-state index contributed by atoms with van der Waals surface area (Å²) in [4.78, 5) is 31.1. The minimum atomic E-state index is -0.717. The minimum Gasteiger partial charge on any atom is -0.457 e. The van der Waals surface area contributed by atoms with Gasteiger partial charge in [0.25, 0.3) is 0 Å². The highest BCUT2D eigenvalue weighted by molar-refractivity contribution is 5.87. The average Bonchev–Trinajstić information content (AvgIpc) is 3.12. The molecule has 1 aliphatic heterocycles. The van der Waals surface area contributed by atoms with Gasteiger partial charge in [-0.05, 0) is 67.6 Å². The Morgan fingerprint density at radius 2 is 1.76 bits per heavy atom. The molecule has 1 aromatic heterocycles. The van der Waals surface area contributed by atoms with E-state index in [4.69, 9.17) is 9.72 Å². The molecule has 0 saturated carbocycles. The predicted molar refractivity (Wildman–Crippen MR) is 148 cm³/mol. The van der Waals surface area contributed by atoms with Crippen molar-refractivity contribution in [1.29, 1.82) is 0 Å². The van der Waals surface area contributed by atoms with Crippen LogP contribution in [0.4, 0.5) is 0 Å². The minimum absolute atomic E-state index is 0.00761. The van der Waals surface area contributed by atoms with E-state index in [9.17, 15) is 14.7 Å². The number of carbonyl (C=O) groups excluding carboxylic acids is 2. The largest absolute Gasteiger partial charge is 0.457 e. The van der Waals surface area contributed by atoms with E-state index in [1.165, 1.54) is 0 Å². The van der Waals surface area contributed by atoms with Crippen LogP contribution in [0.15, 0.2) is 18.2 Å². The number of aromatic nitrogens is 2. The van der Waals surface area contributed by atoms with Gasteiger partial charge in [0.1, 0.15) is 17.7 Å². The van der Waals surface area contributed by atoms with Crippen molar-refractivity contribution < 1.29 is 19.4 Å². The van der Waals surface area contributed by atoms with Gasteiger partial charge in [-0.25, -0.2) is 4.98 Å². The van der Waals surface area contributed by atoms with E-state index in [2.05, 4.69) is 43.5 Å². The monoisotopic (exact) mass is 512 g/mol. The molecule has 0 amide bonds. The van der Waals surface area contributed by atoms with E-state index in [0.29, 0.717) is 18.8 Å². The number of esters is 1. The Bertz CT molecular complexity index is 1120. The molecule has 2 aromatic rings. The van der Waals surface area contributed by atoms with Crippen molar-refractivity contribution in [3.8, 4) is 0 Å². The molecule has 1 aliphatic rings. The van der Waals surface area contributed by atoms with Gasteiger partial charge in [0.05, 0.1) is 17.1 Å². The summed E-state index contributed by atoms with van der Waals surface area (Å²) < 4.78 is 8.21. The zero-order valence-corrected chi connectivity index (χ0v) is 24.4. The van der Waals surface area contributed by atoms with Gasteiger partial charge in [0.15, 0.2) is 0 Å². The zero-order chi connectivity index (χ0) is 27.7. The number of aliphatic hydroxyl groups excluding tert-OH is 1. The number of ketones is 1. The van der Waals surface area contributed by atoms with Crippen LogP contribution in [0, 0.1) is 35.5 Å². The SMILES string of the molecule is Cc1nc2cc([C@@H]3C[C@H](C)C(C)(C)CCC[C@H](C)[C@H](O)[C@@H](C)C(=O)C(C)(C)CCC(=O)O3)ccc2n1C. The molecule has 1 fully saturated rings. The number of fused-ring (bicyclic) bond motifs is 1. The summed E-state index contributed by atoms with van der Waals surface area (Å²) in [6.07, 6.45) is 3.07. The van der Waals surface area contributed by atoms with Crippen LogP contribution in [0.25, 0.3) is 11.0 Å². The van der Waals surface area contributed by atoms with Gasteiger partial charge >= 0.3 is 5.97 Å². The number of Topliss-reactive ketones (excluding diaryl/α,β-unsaturated/α-hetero) is 1. The highest BCUT2D eigenvalue weighted by Gasteiger charge is 2.38. The number of carbonyl (C=O) groups is 2. The number of benzene rings is 1. The fourth-order valence-electron chi connectivity index (χ4n) is 5.75.